The lowest BCUT2D eigenvalue weighted by molar-refractivity contribution is 0.0962. The quantitative estimate of drug-likeness (QED) is 0.861. The van der Waals surface area contributed by atoms with Gasteiger partial charge >= 0.3 is 0 Å². The zero-order valence-corrected chi connectivity index (χ0v) is 15.3. The molecule has 0 bridgehead atoms. The van der Waals surface area contributed by atoms with E-state index in [2.05, 4.69) is 38.3 Å². The topological polar surface area (TPSA) is 58.2 Å². The third-order valence-corrected chi connectivity index (χ3v) is 4.96. The number of carbonyl (C=O) groups excluding carboxylic acids is 2. The van der Waals surface area contributed by atoms with Crippen LogP contribution in [-0.4, -0.2) is 28.7 Å². The van der Waals surface area contributed by atoms with Gasteiger partial charge in [0.15, 0.2) is 0 Å². The number of Topliss-reactive ketones (excluding diaryl/α,β-unsaturated/α-hetero) is 2. The Balaban J connectivity index is 1.91. The molecule has 1 aromatic carbocycles. The van der Waals surface area contributed by atoms with Gasteiger partial charge in [-0.1, -0.05) is 35.9 Å². The normalized spacial score (nSPS) is 23.2. The molecule has 4 nitrogen and oxygen atoms in total. The highest BCUT2D eigenvalue weighted by Gasteiger charge is 2.40. The lowest BCUT2D eigenvalue weighted by Crippen LogP contribution is -2.61. The maximum absolute atomic E-state index is 12.8. The molecule has 5 heteroatoms. The first kappa shape index (κ1) is 17.2. The maximum Gasteiger partial charge on any atom is 0.211 e. The first-order chi connectivity index (χ1) is 11.1. The summed E-state index contributed by atoms with van der Waals surface area (Å²) in [5, 5.41) is 6.88. The van der Waals surface area contributed by atoms with Crippen molar-refractivity contribution in [2.45, 2.75) is 57.7 Å². The highest BCUT2D eigenvalue weighted by atomic mass is 35.5. The van der Waals surface area contributed by atoms with Crippen molar-refractivity contribution in [2.75, 3.05) is 0 Å². The van der Waals surface area contributed by atoms with Crippen molar-refractivity contribution >= 4 is 23.2 Å². The second-order valence-corrected chi connectivity index (χ2v) is 8.41. The van der Waals surface area contributed by atoms with E-state index in [-0.39, 0.29) is 39.4 Å². The summed E-state index contributed by atoms with van der Waals surface area (Å²) < 4.78 is 0. The second kappa shape index (κ2) is 5.71. The van der Waals surface area contributed by atoms with Gasteiger partial charge in [0.2, 0.25) is 11.6 Å². The SMILES string of the molecule is CC1(C)CC(NC2=C(Cl)C(=O)c3ccccc3C2=O)CC(C)(C)N1. The molecule has 128 valence electrons. The Morgan fingerprint density at radius 3 is 2.04 bits per heavy atom. The fourth-order valence-corrected chi connectivity index (χ4v) is 4.34. The lowest BCUT2D eigenvalue weighted by Gasteiger charge is -2.47. The van der Waals surface area contributed by atoms with Crippen LogP contribution < -0.4 is 10.6 Å². The molecule has 1 saturated heterocycles. The van der Waals surface area contributed by atoms with Gasteiger partial charge in [-0.15, -0.1) is 0 Å². The average Bonchev–Trinajstić information content (AvgIpc) is 2.46. The smallest absolute Gasteiger partial charge is 0.211 e. The zero-order chi connectivity index (χ0) is 17.7. The molecule has 0 unspecified atom stereocenters. The Morgan fingerprint density at radius 2 is 1.50 bits per heavy atom. The van der Waals surface area contributed by atoms with Gasteiger partial charge in [-0.05, 0) is 40.5 Å². The van der Waals surface area contributed by atoms with Crippen LogP contribution in [0.1, 0.15) is 61.3 Å². The van der Waals surface area contributed by atoms with E-state index in [1.165, 1.54) is 0 Å². The summed E-state index contributed by atoms with van der Waals surface area (Å²) in [6.45, 7) is 8.56. The molecule has 2 N–H and O–H groups in total. The largest absolute Gasteiger partial charge is 0.378 e. The molecule has 1 heterocycles. The molecule has 1 fully saturated rings. The van der Waals surface area contributed by atoms with Crippen molar-refractivity contribution in [3.63, 3.8) is 0 Å². The number of ketones is 2. The van der Waals surface area contributed by atoms with E-state index in [0.717, 1.165) is 12.8 Å². The Labute approximate surface area is 147 Å². The summed E-state index contributed by atoms with van der Waals surface area (Å²) in [5.74, 6) is -0.494. The van der Waals surface area contributed by atoms with Crippen molar-refractivity contribution in [2.24, 2.45) is 0 Å². The van der Waals surface area contributed by atoms with E-state index in [0.29, 0.717) is 11.1 Å². The van der Waals surface area contributed by atoms with E-state index in [1.807, 2.05) is 0 Å². The average molecular weight is 347 g/mol. The first-order valence-corrected chi connectivity index (χ1v) is 8.61. The van der Waals surface area contributed by atoms with Crippen LogP contribution in [0.5, 0.6) is 0 Å². The summed E-state index contributed by atoms with van der Waals surface area (Å²) in [4.78, 5) is 25.3. The highest BCUT2D eigenvalue weighted by molar-refractivity contribution is 6.49. The van der Waals surface area contributed by atoms with Crippen LogP contribution in [0.25, 0.3) is 0 Å². The monoisotopic (exact) mass is 346 g/mol. The van der Waals surface area contributed by atoms with Gasteiger partial charge in [0.1, 0.15) is 10.7 Å². The number of fused-ring (bicyclic) bond motifs is 1. The lowest BCUT2D eigenvalue weighted by atomic mass is 9.79. The number of benzene rings is 1. The maximum atomic E-state index is 12.8. The molecule has 0 amide bonds. The molecule has 2 aliphatic rings. The van der Waals surface area contributed by atoms with E-state index >= 15 is 0 Å². The van der Waals surface area contributed by atoms with Crippen LogP contribution in [0.4, 0.5) is 0 Å². The molecule has 0 aromatic heterocycles. The Hall–Kier alpha value is -1.65. The Bertz CT molecular complexity index is 733. The summed E-state index contributed by atoms with van der Waals surface area (Å²) in [6, 6.07) is 6.90. The van der Waals surface area contributed by atoms with Crippen molar-refractivity contribution in [3.05, 3.63) is 46.1 Å². The standard InChI is InChI=1S/C19H23ClN2O2/c1-18(2)9-11(10-19(3,4)22-18)21-15-14(20)16(23)12-7-5-6-8-13(12)17(15)24/h5-8,11,21-22H,9-10H2,1-4H3. The number of piperidine rings is 1. The van der Waals surface area contributed by atoms with Crippen LogP contribution in [0.2, 0.25) is 0 Å². The van der Waals surface area contributed by atoms with Gasteiger partial charge in [-0.2, -0.15) is 0 Å². The summed E-state index contributed by atoms with van der Waals surface area (Å²) in [7, 11) is 0. The molecule has 1 aliphatic heterocycles. The zero-order valence-electron chi connectivity index (χ0n) is 14.5. The Kier molecular flexibility index (Phi) is 4.09. The van der Waals surface area contributed by atoms with Crippen molar-refractivity contribution < 1.29 is 9.59 Å². The van der Waals surface area contributed by atoms with E-state index in [1.54, 1.807) is 24.3 Å². The fourth-order valence-electron chi connectivity index (χ4n) is 4.10. The van der Waals surface area contributed by atoms with E-state index in [9.17, 15) is 9.59 Å². The molecule has 24 heavy (non-hydrogen) atoms. The van der Waals surface area contributed by atoms with E-state index in [4.69, 9.17) is 11.6 Å². The van der Waals surface area contributed by atoms with Gasteiger partial charge in [-0.25, -0.2) is 0 Å². The third-order valence-electron chi connectivity index (χ3n) is 4.60. The molecule has 1 aromatic rings. The first-order valence-electron chi connectivity index (χ1n) is 8.24. The van der Waals surface area contributed by atoms with Gasteiger partial charge in [-0.3, -0.25) is 9.59 Å². The molecule has 0 atom stereocenters. The minimum atomic E-state index is -0.290. The van der Waals surface area contributed by atoms with Crippen molar-refractivity contribution in [1.82, 2.24) is 10.6 Å². The van der Waals surface area contributed by atoms with Crippen LogP contribution in [-0.2, 0) is 0 Å². The number of carbonyl (C=O) groups is 2. The van der Waals surface area contributed by atoms with Gasteiger partial charge in [0, 0.05) is 28.2 Å². The number of halogens is 1. The number of rotatable bonds is 2. The minimum Gasteiger partial charge on any atom is -0.378 e. The van der Waals surface area contributed by atoms with Crippen LogP contribution >= 0.6 is 11.6 Å². The van der Waals surface area contributed by atoms with Crippen molar-refractivity contribution in [3.8, 4) is 0 Å². The van der Waals surface area contributed by atoms with Crippen molar-refractivity contribution in [1.29, 1.82) is 0 Å². The number of hydrogen-bond donors (Lipinski definition) is 2. The van der Waals surface area contributed by atoms with Crippen LogP contribution in [0.3, 0.4) is 0 Å². The van der Waals surface area contributed by atoms with E-state index < -0.39 is 0 Å². The van der Waals surface area contributed by atoms with Crippen LogP contribution in [0.15, 0.2) is 35.0 Å². The predicted octanol–water partition coefficient (Wildman–Crippen LogP) is 3.41. The molecule has 3 rings (SSSR count). The number of hydrogen-bond acceptors (Lipinski definition) is 4. The molecule has 0 spiro atoms. The van der Waals surface area contributed by atoms with Gasteiger partial charge < -0.3 is 10.6 Å². The predicted molar refractivity (Wildman–Crippen MR) is 95.4 cm³/mol. The number of nitrogens with one attached hydrogen (secondary N) is 2. The fraction of sp³-hybridized carbons (Fsp3) is 0.474. The summed E-state index contributed by atoms with van der Waals surface area (Å²) in [5.41, 5.74) is 0.905. The summed E-state index contributed by atoms with van der Waals surface area (Å²) in [6.07, 6.45) is 1.68. The number of allylic oxidation sites excluding steroid dienone is 2. The van der Waals surface area contributed by atoms with Gasteiger partial charge in [0.25, 0.3) is 0 Å². The molecular formula is C19H23ClN2O2. The second-order valence-electron chi connectivity index (χ2n) is 8.04. The molecular weight excluding hydrogens is 324 g/mol. The van der Waals surface area contributed by atoms with Crippen LogP contribution in [0, 0.1) is 0 Å². The van der Waals surface area contributed by atoms with Gasteiger partial charge in [0.05, 0.1) is 0 Å². The minimum absolute atomic E-state index is 0.00663. The molecule has 1 aliphatic carbocycles. The molecule has 0 saturated carbocycles. The molecule has 0 radical (unpaired) electrons. The highest BCUT2D eigenvalue weighted by Crippen LogP contribution is 2.32. The Morgan fingerprint density at radius 1 is 1.00 bits per heavy atom. The third kappa shape index (κ3) is 3.13. The summed E-state index contributed by atoms with van der Waals surface area (Å²) >= 11 is 6.25.